The fourth-order valence-corrected chi connectivity index (χ4v) is 6.93. The van der Waals surface area contributed by atoms with E-state index in [0.29, 0.717) is 24.9 Å². The number of benzene rings is 1. The Morgan fingerprint density at radius 1 is 0.628 bits per heavy atom. The van der Waals surface area contributed by atoms with Crippen molar-refractivity contribution in [2.75, 3.05) is 11.2 Å². The summed E-state index contributed by atoms with van der Waals surface area (Å²) in [6.45, 7) is 2.27. The average Bonchev–Trinajstić information content (AvgIpc) is 3.31. The topological polar surface area (TPSA) is 83.6 Å². The van der Waals surface area contributed by atoms with Crippen LogP contribution in [0.25, 0.3) is 0 Å². The molecule has 1 aromatic carbocycles. The maximum Gasteiger partial charge on any atom is 0.272 e. The Kier molecular flexibility index (Phi) is 19.2. The lowest BCUT2D eigenvalue weighted by molar-refractivity contribution is -0.135. The summed E-state index contributed by atoms with van der Waals surface area (Å²) in [7, 11) is -3.41. The summed E-state index contributed by atoms with van der Waals surface area (Å²) >= 11 is 0. The molecule has 2 amide bonds. The number of sulfone groups is 1. The number of hydrogen-bond donors (Lipinski definition) is 1. The molecule has 1 unspecified atom stereocenters. The molecule has 0 fully saturated rings. The summed E-state index contributed by atoms with van der Waals surface area (Å²) in [4.78, 5) is 23.5. The predicted molar refractivity (Wildman–Crippen MR) is 175 cm³/mol. The Labute approximate surface area is 261 Å². The highest BCUT2D eigenvalue weighted by Gasteiger charge is 2.23. The zero-order chi connectivity index (χ0) is 31.2. The van der Waals surface area contributed by atoms with Crippen molar-refractivity contribution >= 4 is 27.3 Å². The molecule has 0 bridgehead atoms. The van der Waals surface area contributed by atoms with Gasteiger partial charge < -0.3 is 0 Å². The second-order valence-corrected chi connectivity index (χ2v) is 14.3. The van der Waals surface area contributed by atoms with Gasteiger partial charge in [-0.1, -0.05) is 129 Å². The zero-order valence-electron chi connectivity index (χ0n) is 26.7. The molecular formula is C35H57FN2O4S. The third-order valence-corrected chi connectivity index (χ3v) is 10.1. The summed E-state index contributed by atoms with van der Waals surface area (Å²) in [6, 6.07) is 6.05. The third kappa shape index (κ3) is 16.4. The first kappa shape index (κ1) is 37.0. The van der Waals surface area contributed by atoms with E-state index >= 15 is 0 Å². The molecule has 1 heterocycles. The second kappa shape index (κ2) is 22.3. The Hall–Kier alpha value is -2.22. The van der Waals surface area contributed by atoms with E-state index in [1.165, 1.54) is 108 Å². The van der Waals surface area contributed by atoms with E-state index in [4.69, 9.17) is 0 Å². The van der Waals surface area contributed by atoms with E-state index in [0.717, 1.165) is 43.5 Å². The van der Waals surface area contributed by atoms with Crippen molar-refractivity contribution in [2.45, 2.75) is 159 Å². The van der Waals surface area contributed by atoms with E-state index < -0.39 is 27.8 Å². The van der Waals surface area contributed by atoms with Crippen LogP contribution in [-0.4, -0.2) is 37.2 Å². The van der Waals surface area contributed by atoms with Gasteiger partial charge in [-0.15, -0.1) is 0 Å². The molecule has 1 aliphatic rings. The van der Waals surface area contributed by atoms with E-state index in [-0.39, 0.29) is 10.6 Å². The second-order valence-electron chi connectivity index (χ2n) is 12.2. The number of halogens is 1. The molecule has 244 valence electrons. The molecule has 1 aliphatic heterocycles. The summed E-state index contributed by atoms with van der Waals surface area (Å²) in [5.41, 5.74) is 3.14. The molecule has 43 heavy (non-hydrogen) atoms. The highest BCUT2D eigenvalue weighted by Crippen LogP contribution is 2.20. The number of hydrazine groups is 1. The van der Waals surface area contributed by atoms with Gasteiger partial charge in [0.05, 0.1) is 16.3 Å². The van der Waals surface area contributed by atoms with Gasteiger partial charge in [-0.05, 0) is 43.5 Å². The van der Waals surface area contributed by atoms with Crippen molar-refractivity contribution < 1.29 is 22.4 Å². The number of imide groups is 1. The Morgan fingerprint density at radius 2 is 1.02 bits per heavy atom. The molecule has 1 N–H and O–H groups in total. The molecule has 0 aliphatic carbocycles. The number of alkyl halides is 1. The summed E-state index contributed by atoms with van der Waals surface area (Å²) in [5.74, 6) is -0.870. The lowest BCUT2D eigenvalue weighted by Gasteiger charge is -2.16. The van der Waals surface area contributed by atoms with Crippen LogP contribution in [0.5, 0.6) is 0 Å². The molecule has 1 aromatic rings. The number of carbonyl (C=O) groups excluding carboxylic acids is 2. The largest absolute Gasteiger partial charge is 0.288 e. The molecule has 2 rings (SSSR count). The number of nitrogens with zero attached hydrogens (tertiary/aromatic N) is 1. The van der Waals surface area contributed by atoms with Crippen molar-refractivity contribution in [3.63, 3.8) is 0 Å². The first-order valence-corrected chi connectivity index (χ1v) is 18.8. The average molecular weight is 621 g/mol. The monoisotopic (exact) mass is 620 g/mol. The predicted octanol–water partition coefficient (Wildman–Crippen LogP) is 9.65. The SMILES string of the molecule is CCCCCCCCCCCCCCCCCC(F)CCCCCCCS(=O)(=O)c1ccc(NN2C(=O)C=CC2=O)cc1. The number of anilines is 1. The molecule has 0 radical (unpaired) electrons. The Bertz CT molecular complexity index is 1020. The summed E-state index contributed by atoms with van der Waals surface area (Å²) in [6.07, 6.45) is 26.8. The van der Waals surface area contributed by atoms with Gasteiger partial charge in [0, 0.05) is 12.2 Å². The normalized spacial score (nSPS) is 14.1. The first-order valence-electron chi connectivity index (χ1n) is 17.1. The first-order chi connectivity index (χ1) is 20.8. The zero-order valence-corrected chi connectivity index (χ0v) is 27.5. The van der Waals surface area contributed by atoms with Crippen molar-refractivity contribution in [1.29, 1.82) is 0 Å². The molecular weight excluding hydrogens is 563 g/mol. The molecule has 8 heteroatoms. The van der Waals surface area contributed by atoms with Crippen LogP contribution in [0.2, 0.25) is 0 Å². The van der Waals surface area contributed by atoms with Crippen LogP contribution in [0, 0.1) is 0 Å². The maximum atomic E-state index is 14.2. The fraction of sp³-hybridized carbons (Fsp3) is 0.714. The van der Waals surface area contributed by atoms with E-state index in [1.807, 2.05) is 0 Å². The number of amides is 2. The van der Waals surface area contributed by atoms with Gasteiger partial charge in [-0.25, -0.2) is 12.8 Å². The number of hydrogen-bond acceptors (Lipinski definition) is 5. The van der Waals surface area contributed by atoms with Crippen LogP contribution in [-0.2, 0) is 19.4 Å². The molecule has 6 nitrogen and oxygen atoms in total. The smallest absolute Gasteiger partial charge is 0.272 e. The lowest BCUT2D eigenvalue weighted by Crippen LogP contribution is -2.35. The number of unbranched alkanes of at least 4 members (excludes halogenated alkanes) is 18. The van der Waals surface area contributed by atoms with Gasteiger partial charge in [0.25, 0.3) is 11.8 Å². The molecule has 0 aromatic heterocycles. The molecule has 0 saturated heterocycles. The Morgan fingerprint density at radius 3 is 1.47 bits per heavy atom. The van der Waals surface area contributed by atoms with Crippen molar-refractivity contribution in [1.82, 2.24) is 5.01 Å². The van der Waals surface area contributed by atoms with E-state index in [1.54, 1.807) is 12.1 Å². The lowest BCUT2D eigenvalue weighted by atomic mass is 10.0. The third-order valence-electron chi connectivity index (χ3n) is 8.31. The van der Waals surface area contributed by atoms with Gasteiger partial charge in [0.2, 0.25) is 0 Å². The standard InChI is InChI=1S/C35H57FN2O4S/c1-2-3-4-5-6-7-8-9-10-11-12-13-14-16-19-22-31(36)23-20-17-15-18-21-30-43(41,42)33-26-24-32(25-27-33)37-38-34(39)28-29-35(38)40/h24-29,31,37H,2-23,30H2,1H3. The number of nitrogens with one attached hydrogen (secondary N) is 1. The van der Waals surface area contributed by atoms with Crippen molar-refractivity contribution in [2.24, 2.45) is 0 Å². The van der Waals surface area contributed by atoms with E-state index in [2.05, 4.69) is 12.3 Å². The highest BCUT2D eigenvalue weighted by molar-refractivity contribution is 7.91. The van der Waals surface area contributed by atoms with Crippen molar-refractivity contribution in [3.8, 4) is 0 Å². The van der Waals surface area contributed by atoms with Crippen LogP contribution < -0.4 is 5.43 Å². The van der Waals surface area contributed by atoms with Gasteiger partial charge in [-0.3, -0.25) is 15.0 Å². The molecule has 0 spiro atoms. The van der Waals surface area contributed by atoms with Crippen LogP contribution in [0.3, 0.4) is 0 Å². The molecule has 1 atom stereocenters. The van der Waals surface area contributed by atoms with Gasteiger partial charge in [-0.2, -0.15) is 5.01 Å². The van der Waals surface area contributed by atoms with Gasteiger partial charge in [0.15, 0.2) is 9.84 Å². The van der Waals surface area contributed by atoms with E-state index in [9.17, 15) is 22.4 Å². The van der Waals surface area contributed by atoms with Crippen LogP contribution in [0.1, 0.15) is 148 Å². The van der Waals surface area contributed by atoms with Crippen LogP contribution in [0.4, 0.5) is 10.1 Å². The van der Waals surface area contributed by atoms with Crippen LogP contribution in [0.15, 0.2) is 41.3 Å². The van der Waals surface area contributed by atoms with Crippen molar-refractivity contribution in [3.05, 3.63) is 36.4 Å². The minimum Gasteiger partial charge on any atom is -0.288 e. The quantitative estimate of drug-likeness (QED) is 0.0782. The molecule has 0 saturated carbocycles. The van der Waals surface area contributed by atoms with Gasteiger partial charge in [0.1, 0.15) is 6.17 Å². The highest BCUT2D eigenvalue weighted by atomic mass is 32.2. The summed E-state index contributed by atoms with van der Waals surface area (Å²) < 4.78 is 39.6. The fourth-order valence-electron chi connectivity index (χ4n) is 5.56. The maximum absolute atomic E-state index is 14.2. The minimum absolute atomic E-state index is 0.0672. The number of carbonyl (C=O) groups is 2. The van der Waals surface area contributed by atoms with Crippen LogP contribution >= 0.6 is 0 Å². The summed E-state index contributed by atoms with van der Waals surface area (Å²) in [5, 5.41) is 0.871. The number of rotatable bonds is 27. The minimum atomic E-state index is -3.41. The Balaban J connectivity index is 1.39. The van der Waals surface area contributed by atoms with Gasteiger partial charge >= 0.3 is 0 Å².